The lowest BCUT2D eigenvalue weighted by atomic mass is 10.1. The Bertz CT molecular complexity index is 1230. The number of anilines is 4. The standard InChI is InChI=1S/C22H17N5O2/c23-10-14-6-16(14)22(29)26-20-7-13-5-15(9-18(24)17(13)11-25-20)27-19-4-2-1-3-12(19)8-21(27)28/h1-5,7,9,11,14,16H,6,8,24H2,(H,25,26,29)/t14-,16+/m1/s1. The Kier molecular flexibility index (Phi) is 3.74. The maximum Gasteiger partial charge on any atom is 0.236 e. The Hall–Kier alpha value is -3.92. The average Bonchev–Trinajstić information content (AvgIpc) is 3.42. The van der Waals surface area contributed by atoms with Crippen LogP contribution < -0.4 is 16.0 Å². The molecule has 0 unspecified atom stereocenters. The number of nitrogens with zero attached hydrogens (tertiary/aromatic N) is 3. The Balaban J connectivity index is 1.51. The molecule has 1 saturated carbocycles. The number of nitrogen functional groups attached to an aromatic ring is 1. The highest BCUT2D eigenvalue weighted by atomic mass is 16.2. The van der Waals surface area contributed by atoms with E-state index in [-0.39, 0.29) is 23.7 Å². The third kappa shape index (κ3) is 2.86. The van der Waals surface area contributed by atoms with Crippen LogP contribution in [0.25, 0.3) is 10.8 Å². The highest BCUT2D eigenvalue weighted by Crippen LogP contribution is 2.40. The summed E-state index contributed by atoms with van der Waals surface area (Å²) in [6.07, 6.45) is 2.55. The number of benzene rings is 2. The van der Waals surface area contributed by atoms with Gasteiger partial charge in [0.25, 0.3) is 0 Å². The van der Waals surface area contributed by atoms with Crippen molar-refractivity contribution in [2.75, 3.05) is 16.0 Å². The molecule has 3 aromatic rings. The number of aromatic nitrogens is 1. The highest BCUT2D eigenvalue weighted by Gasteiger charge is 2.43. The molecule has 1 fully saturated rings. The van der Waals surface area contributed by atoms with Crippen LogP contribution in [0.4, 0.5) is 22.9 Å². The first kappa shape index (κ1) is 17.2. The van der Waals surface area contributed by atoms with Crippen LogP contribution in [0.3, 0.4) is 0 Å². The fraction of sp³-hybridized carbons (Fsp3) is 0.182. The molecular formula is C22H17N5O2. The summed E-state index contributed by atoms with van der Waals surface area (Å²) >= 11 is 0. The van der Waals surface area contributed by atoms with E-state index in [0.29, 0.717) is 30.0 Å². The molecule has 3 N–H and O–H groups in total. The van der Waals surface area contributed by atoms with Crippen molar-refractivity contribution < 1.29 is 9.59 Å². The molecule has 0 spiro atoms. The Morgan fingerprint density at radius 3 is 2.90 bits per heavy atom. The zero-order valence-electron chi connectivity index (χ0n) is 15.4. The van der Waals surface area contributed by atoms with E-state index in [1.807, 2.05) is 30.3 Å². The first-order valence-corrected chi connectivity index (χ1v) is 9.36. The summed E-state index contributed by atoms with van der Waals surface area (Å²) in [6.45, 7) is 0. The number of fused-ring (bicyclic) bond motifs is 2. The van der Waals surface area contributed by atoms with Crippen LogP contribution in [0.15, 0.2) is 48.7 Å². The monoisotopic (exact) mass is 383 g/mol. The van der Waals surface area contributed by atoms with Crippen molar-refractivity contribution in [3.8, 4) is 6.07 Å². The zero-order chi connectivity index (χ0) is 20.1. The van der Waals surface area contributed by atoms with Gasteiger partial charge in [-0.15, -0.1) is 0 Å². The van der Waals surface area contributed by atoms with E-state index in [2.05, 4.69) is 16.4 Å². The lowest BCUT2D eigenvalue weighted by Gasteiger charge is -2.19. The molecule has 1 aliphatic carbocycles. The molecule has 0 bridgehead atoms. The minimum absolute atomic E-state index is 0.0104. The molecular weight excluding hydrogens is 366 g/mol. The number of nitriles is 1. The van der Waals surface area contributed by atoms with Gasteiger partial charge in [0.1, 0.15) is 5.82 Å². The summed E-state index contributed by atoms with van der Waals surface area (Å²) in [5.74, 6) is -0.289. The molecule has 7 nitrogen and oxygen atoms in total. The van der Waals surface area contributed by atoms with Crippen molar-refractivity contribution >= 4 is 45.5 Å². The summed E-state index contributed by atoms with van der Waals surface area (Å²) in [6, 6.07) is 15.2. The molecule has 29 heavy (non-hydrogen) atoms. The second-order valence-corrected chi connectivity index (χ2v) is 7.43. The van der Waals surface area contributed by atoms with Gasteiger partial charge in [0.05, 0.1) is 35.7 Å². The van der Waals surface area contributed by atoms with E-state index in [1.54, 1.807) is 23.2 Å². The van der Waals surface area contributed by atoms with Crippen molar-refractivity contribution in [2.24, 2.45) is 11.8 Å². The topological polar surface area (TPSA) is 112 Å². The summed E-state index contributed by atoms with van der Waals surface area (Å²) in [5, 5.41) is 13.2. The molecule has 1 aromatic heterocycles. The fourth-order valence-electron chi connectivity index (χ4n) is 3.85. The summed E-state index contributed by atoms with van der Waals surface area (Å²) in [5.41, 5.74) is 9.26. The lowest BCUT2D eigenvalue weighted by Crippen LogP contribution is -2.21. The highest BCUT2D eigenvalue weighted by molar-refractivity contribution is 6.10. The van der Waals surface area contributed by atoms with Gasteiger partial charge in [-0.3, -0.25) is 14.5 Å². The van der Waals surface area contributed by atoms with E-state index in [1.165, 1.54) is 0 Å². The van der Waals surface area contributed by atoms with Gasteiger partial charge in [-0.25, -0.2) is 4.98 Å². The van der Waals surface area contributed by atoms with Gasteiger partial charge in [0.2, 0.25) is 11.8 Å². The second kappa shape index (κ2) is 6.31. The van der Waals surface area contributed by atoms with Crippen LogP contribution in [0.1, 0.15) is 12.0 Å². The minimum Gasteiger partial charge on any atom is -0.398 e. The van der Waals surface area contributed by atoms with E-state index in [9.17, 15) is 9.59 Å². The van der Waals surface area contributed by atoms with Crippen LogP contribution in [0.5, 0.6) is 0 Å². The van der Waals surface area contributed by atoms with Gasteiger partial charge >= 0.3 is 0 Å². The Morgan fingerprint density at radius 1 is 1.28 bits per heavy atom. The van der Waals surface area contributed by atoms with Gasteiger partial charge in [0.15, 0.2) is 0 Å². The average molecular weight is 383 g/mol. The van der Waals surface area contributed by atoms with Gasteiger partial charge in [0, 0.05) is 17.3 Å². The summed E-state index contributed by atoms with van der Waals surface area (Å²) in [7, 11) is 0. The molecule has 0 radical (unpaired) electrons. The van der Waals surface area contributed by atoms with Gasteiger partial charge in [-0.1, -0.05) is 18.2 Å². The molecule has 2 aliphatic rings. The molecule has 7 heteroatoms. The second-order valence-electron chi connectivity index (χ2n) is 7.43. The maximum atomic E-state index is 12.6. The van der Waals surface area contributed by atoms with Crippen molar-refractivity contribution in [2.45, 2.75) is 12.8 Å². The predicted molar refractivity (Wildman–Crippen MR) is 109 cm³/mol. The van der Waals surface area contributed by atoms with E-state index in [0.717, 1.165) is 22.0 Å². The Labute approximate surface area is 166 Å². The molecule has 2 aromatic carbocycles. The number of pyridine rings is 1. The number of hydrogen-bond donors (Lipinski definition) is 2. The minimum atomic E-state index is -0.271. The summed E-state index contributed by atoms with van der Waals surface area (Å²) in [4.78, 5) is 30.8. The quantitative estimate of drug-likeness (QED) is 0.675. The maximum absolute atomic E-state index is 12.6. The predicted octanol–water partition coefficient (Wildman–Crippen LogP) is 3.14. The van der Waals surface area contributed by atoms with Crippen molar-refractivity contribution in [3.05, 3.63) is 54.2 Å². The third-order valence-corrected chi connectivity index (χ3v) is 5.48. The van der Waals surface area contributed by atoms with Crippen LogP contribution in [0.2, 0.25) is 0 Å². The normalized spacial score (nSPS) is 19.7. The molecule has 2 amide bonds. The first-order chi connectivity index (χ1) is 14.0. The van der Waals surface area contributed by atoms with E-state index < -0.39 is 0 Å². The smallest absolute Gasteiger partial charge is 0.236 e. The molecule has 2 heterocycles. The van der Waals surface area contributed by atoms with Gasteiger partial charge in [-0.2, -0.15) is 5.26 Å². The van der Waals surface area contributed by atoms with E-state index >= 15 is 0 Å². The number of amides is 2. The SMILES string of the molecule is N#C[C@H]1C[C@@H]1C(=O)Nc1cc2cc(N3C(=O)Cc4ccccc43)cc(N)c2cn1. The van der Waals surface area contributed by atoms with Crippen molar-refractivity contribution in [1.29, 1.82) is 5.26 Å². The van der Waals surface area contributed by atoms with E-state index in [4.69, 9.17) is 11.0 Å². The summed E-state index contributed by atoms with van der Waals surface area (Å²) < 4.78 is 0. The number of carbonyl (C=O) groups excluding carboxylic acids is 2. The van der Waals surface area contributed by atoms with Crippen LogP contribution in [-0.2, 0) is 16.0 Å². The molecule has 1 aliphatic heterocycles. The van der Waals surface area contributed by atoms with Gasteiger partial charge < -0.3 is 11.1 Å². The number of hydrogen-bond acceptors (Lipinski definition) is 5. The van der Waals surface area contributed by atoms with Crippen molar-refractivity contribution in [1.82, 2.24) is 4.98 Å². The number of nitrogens with two attached hydrogens (primary N) is 1. The molecule has 142 valence electrons. The largest absolute Gasteiger partial charge is 0.398 e. The van der Waals surface area contributed by atoms with Crippen LogP contribution in [0, 0.1) is 23.2 Å². The molecule has 2 atom stereocenters. The third-order valence-electron chi connectivity index (χ3n) is 5.48. The fourth-order valence-corrected chi connectivity index (χ4v) is 3.85. The van der Waals surface area contributed by atoms with Gasteiger partial charge in [-0.05, 0) is 41.6 Å². The Morgan fingerprint density at radius 2 is 2.10 bits per heavy atom. The number of para-hydroxylation sites is 1. The van der Waals surface area contributed by atoms with Crippen molar-refractivity contribution in [3.63, 3.8) is 0 Å². The molecule has 0 saturated heterocycles. The number of carbonyl (C=O) groups is 2. The number of rotatable bonds is 3. The zero-order valence-corrected chi connectivity index (χ0v) is 15.4. The number of nitrogens with one attached hydrogen (secondary N) is 1. The lowest BCUT2D eigenvalue weighted by molar-refractivity contribution is -0.118. The first-order valence-electron chi connectivity index (χ1n) is 9.36. The van der Waals surface area contributed by atoms with Crippen LogP contribution in [-0.4, -0.2) is 16.8 Å². The molecule has 5 rings (SSSR count). The van der Waals surface area contributed by atoms with Crippen LogP contribution >= 0.6 is 0 Å².